The van der Waals surface area contributed by atoms with Crippen LogP contribution in [-0.4, -0.2) is 20.7 Å². The van der Waals surface area contributed by atoms with Crippen molar-refractivity contribution in [3.63, 3.8) is 0 Å². The van der Waals surface area contributed by atoms with Gasteiger partial charge in [0.25, 0.3) is 5.56 Å². The minimum absolute atomic E-state index is 0.183. The van der Waals surface area contributed by atoms with Crippen molar-refractivity contribution in [2.45, 2.75) is 34.2 Å². The molecule has 2 aromatic heterocycles. The highest BCUT2D eigenvalue weighted by atomic mass is 32.1. The highest BCUT2D eigenvalue weighted by Crippen LogP contribution is 2.29. The molecule has 0 bridgehead atoms. The molecule has 2 heterocycles. The fraction of sp³-hybridized carbons (Fsp3) is 0.217. The van der Waals surface area contributed by atoms with E-state index in [1.54, 1.807) is 0 Å². The lowest BCUT2D eigenvalue weighted by Crippen LogP contribution is -2.30. The Bertz CT molecular complexity index is 1300. The van der Waals surface area contributed by atoms with Crippen LogP contribution in [0.4, 0.5) is 5.69 Å². The van der Waals surface area contributed by atoms with E-state index in [1.807, 2.05) is 70.2 Å². The monoisotopic (exact) mass is 418 g/mol. The molecule has 4 aromatic rings. The fourth-order valence-electron chi connectivity index (χ4n) is 3.46. The number of benzene rings is 2. The Morgan fingerprint density at radius 3 is 2.33 bits per heavy atom. The summed E-state index contributed by atoms with van der Waals surface area (Å²) in [7, 11) is 0. The van der Waals surface area contributed by atoms with E-state index < -0.39 is 0 Å². The van der Waals surface area contributed by atoms with Crippen LogP contribution in [0.15, 0.2) is 47.3 Å². The predicted octanol–water partition coefficient (Wildman–Crippen LogP) is 4.39. The Balaban J connectivity index is 1.73. The first kappa shape index (κ1) is 20.0. The summed E-state index contributed by atoms with van der Waals surface area (Å²) < 4.78 is 1.95. The van der Waals surface area contributed by atoms with Crippen LogP contribution < -0.4 is 10.9 Å². The maximum atomic E-state index is 12.9. The number of nitrogens with one attached hydrogen (secondary N) is 1. The van der Waals surface area contributed by atoms with Gasteiger partial charge in [-0.15, -0.1) is 11.3 Å². The van der Waals surface area contributed by atoms with Gasteiger partial charge < -0.3 is 5.32 Å². The van der Waals surface area contributed by atoms with Crippen LogP contribution in [-0.2, 0) is 11.3 Å². The van der Waals surface area contributed by atoms with Gasteiger partial charge in [0, 0.05) is 11.3 Å². The normalized spacial score (nSPS) is 11.1. The number of aromatic nitrogens is 3. The predicted molar refractivity (Wildman–Crippen MR) is 121 cm³/mol. The number of nitrogens with zero attached hydrogens (tertiary/aromatic N) is 3. The lowest BCUT2D eigenvalue weighted by Gasteiger charge is -2.10. The van der Waals surface area contributed by atoms with E-state index in [-0.39, 0.29) is 18.0 Å². The molecule has 2 aromatic carbocycles. The molecule has 0 spiro atoms. The van der Waals surface area contributed by atoms with E-state index in [2.05, 4.69) is 15.4 Å². The third kappa shape index (κ3) is 4.02. The zero-order valence-corrected chi connectivity index (χ0v) is 18.1. The third-order valence-corrected chi connectivity index (χ3v) is 5.71. The standard InChI is InChI=1S/C23H22N4O2S/c1-13-5-7-17(8-6-13)20-22-21(24-16(4)30-22)23(29)27(26-20)12-19(28)25-18-10-14(2)9-15(3)11-18/h5-11H,12H2,1-4H3,(H,25,28). The first-order valence-corrected chi connectivity index (χ1v) is 10.5. The Kier molecular flexibility index (Phi) is 5.22. The molecular weight excluding hydrogens is 396 g/mol. The quantitative estimate of drug-likeness (QED) is 0.533. The van der Waals surface area contributed by atoms with Crippen molar-refractivity contribution in [1.29, 1.82) is 0 Å². The number of carbonyl (C=O) groups is 1. The smallest absolute Gasteiger partial charge is 0.294 e. The van der Waals surface area contributed by atoms with Gasteiger partial charge in [-0.1, -0.05) is 35.9 Å². The van der Waals surface area contributed by atoms with Gasteiger partial charge in [0.05, 0.1) is 9.71 Å². The van der Waals surface area contributed by atoms with E-state index in [0.717, 1.165) is 32.0 Å². The van der Waals surface area contributed by atoms with Gasteiger partial charge in [-0.05, 0) is 51.0 Å². The summed E-state index contributed by atoms with van der Waals surface area (Å²) in [4.78, 5) is 30.0. The van der Waals surface area contributed by atoms with Crippen molar-refractivity contribution in [2.24, 2.45) is 0 Å². The lowest BCUT2D eigenvalue weighted by atomic mass is 10.1. The summed E-state index contributed by atoms with van der Waals surface area (Å²) in [5.74, 6) is -0.309. The minimum atomic E-state index is -0.360. The number of hydrogen-bond acceptors (Lipinski definition) is 5. The van der Waals surface area contributed by atoms with E-state index in [0.29, 0.717) is 16.9 Å². The van der Waals surface area contributed by atoms with Gasteiger partial charge in [-0.25, -0.2) is 9.67 Å². The maximum Gasteiger partial charge on any atom is 0.294 e. The molecule has 1 N–H and O–H groups in total. The van der Waals surface area contributed by atoms with Crippen LogP contribution in [0.5, 0.6) is 0 Å². The second kappa shape index (κ2) is 7.84. The van der Waals surface area contributed by atoms with Crippen molar-refractivity contribution in [1.82, 2.24) is 14.8 Å². The van der Waals surface area contributed by atoms with E-state index >= 15 is 0 Å². The van der Waals surface area contributed by atoms with Crippen molar-refractivity contribution < 1.29 is 4.79 Å². The van der Waals surface area contributed by atoms with Gasteiger partial charge in [-0.3, -0.25) is 9.59 Å². The molecule has 0 saturated carbocycles. The third-order valence-electron chi connectivity index (χ3n) is 4.73. The summed E-state index contributed by atoms with van der Waals surface area (Å²) in [6.45, 7) is 7.64. The van der Waals surface area contributed by atoms with Crippen LogP contribution in [0.2, 0.25) is 0 Å². The summed E-state index contributed by atoms with van der Waals surface area (Å²) >= 11 is 1.44. The number of aryl methyl sites for hydroxylation is 4. The van der Waals surface area contributed by atoms with Gasteiger partial charge in [0.15, 0.2) is 5.52 Å². The van der Waals surface area contributed by atoms with Crippen LogP contribution in [0.25, 0.3) is 21.5 Å². The molecule has 0 radical (unpaired) electrons. The minimum Gasteiger partial charge on any atom is -0.324 e. The molecular formula is C23H22N4O2S. The molecule has 0 aliphatic rings. The molecule has 0 fully saturated rings. The van der Waals surface area contributed by atoms with Crippen LogP contribution >= 0.6 is 11.3 Å². The number of amides is 1. The van der Waals surface area contributed by atoms with Crippen LogP contribution in [0.1, 0.15) is 21.7 Å². The highest BCUT2D eigenvalue weighted by Gasteiger charge is 2.18. The van der Waals surface area contributed by atoms with Crippen molar-refractivity contribution in [3.8, 4) is 11.3 Å². The molecule has 7 heteroatoms. The Morgan fingerprint density at radius 2 is 1.67 bits per heavy atom. The topological polar surface area (TPSA) is 76.9 Å². The summed E-state index contributed by atoms with van der Waals surface area (Å²) in [6, 6.07) is 13.8. The second-order valence-electron chi connectivity index (χ2n) is 7.51. The Morgan fingerprint density at radius 1 is 1.00 bits per heavy atom. The van der Waals surface area contributed by atoms with E-state index in [9.17, 15) is 9.59 Å². The second-order valence-corrected chi connectivity index (χ2v) is 8.72. The zero-order valence-electron chi connectivity index (χ0n) is 17.3. The van der Waals surface area contributed by atoms with E-state index in [1.165, 1.54) is 16.0 Å². The average molecular weight is 419 g/mol. The SMILES string of the molecule is Cc1ccc(-c2nn(CC(=O)Nc3cc(C)cc(C)c3)c(=O)c3nc(C)sc23)cc1. The van der Waals surface area contributed by atoms with Crippen molar-refractivity contribution >= 4 is 33.1 Å². The number of hydrogen-bond donors (Lipinski definition) is 1. The van der Waals surface area contributed by atoms with Gasteiger partial charge in [0.1, 0.15) is 12.2 Å². The van der Waals surface area contributed by atoms with E-state index in [4.69, 9.17) is 0 Å². The summed E-state index contributed by atoms with van der Waals surface area (Å²) in [5, 5.41) is 8.19. The van der Waals surface area contributed by atoms with Gasteiger partial charge in [0.2, 0.25) is 5.91 Å². The molecule has 0 unspecified atom stereocenters. The highest BCUT2D eigenvalue weighted by molar-refractivity contribution is 7.19. The number of rotatable bonds is 4. The van der Waals surface area contributed by atoms with Gasteiger partial charge in [-0.2, -0.15) is 5.10 Å². The van der Waals surface area contributed by atoms with Crippen LogP contribution in [0.3, 0.4) is 0 Å². The first-order chi connectivity index (χ1) is 14.3. The van der Waals surface area contributed by atoms with Crippen LogP contribution in [0, 0.1) is 27.7 Å². The Hall–Kier alpha value is -3.32. The largest absolute Gasteiger partial charge is 0.324 e. The molecule has 0 saturated heterocycles. The lowest BCUT2D eigenvalue weighted by molar-refractivity contribution is -0.117. The fourth-order valence-corrected chi connectivity index (χ4v) is 4.37. The number of carbonyl (C=O) groups excluding carboxylic acids is 1. The summed E-state index contributed by atoms with van der Waals surface area (Å²) in [5.41, 5.74) is 5.49. The molecule has 152 valence electrons. The number of fused-ring (bicyclic) bond motifs is 1. The first-order valence-electron chi connectivity index (χ1n) is 9.63. The average Bonchev–Trinajstić information content (AvgIpc) is 3.06. The molecule has 0 atom stereocenters. The molecule has 4 rings (SSSR count). The maximum absolute atomic E-state index is 12.9. The van der Waals surface area contributed by atoms with Gasteiger partial charge >= 0.3 is 0 Å². The Labute approximate surface area is 178 Å². The van der Waals surface area contributed by atoms with Crippen molar-refractivity contribution in [3.05, 3.63) is 74.5 Å². The molecule has 0 aliphatic carbocycles. The number of anilines is 1. The summed E-state index contributed by atoms with van der Waals surface area (Å²) in [6.07, 6.45) is 0. The van der Waals surface area contributed by atoms with Crippen molar-refractivity contribution in [2.75, 3.05) is 5.32 Å². The number of thiazole rings is 1. The molecule has 0 aliphatic heterocycles. The molecule has 30 heavy (non-hydrogen) atoms. The zero-order chi connectivity index (χ0) is 21.4. The molecule has 1 amide bonds. The molecule has 6 nitrogen and oxygen atoms in total.